The van der Waals surface area contributed by atoms with E-state index in [1.165, 1.54) is 0 Å². The Morgan fingerprint density at radius 2 is 1.84 bits per heavy atom. The molecule has 3 unspecified atom stereocenters. The normalized spacial score (nSPS) is 36.7. The zero-order chi connectivity index (χ0) is 14.4. The first-order chi connectivity index (χ1) is 9.04. The molecule has 0 N–H and O–H groups in total. The smallest absolute Gasteiger partial charge is 0.161 e. The van der Waals surface area contributed by atoms with Crippen LogP contribution in [0.15, 0.2) is 0 Å². The van der Waals surface area contributed by atoms with E-state index in [1.807, 2.05) is 0 Å². The Bertz CT molecular complexity index is 292. The highest BCUT2D eigenvalue weighted by molar-refractivity contribution is 4.85. The zero-order valence-corrected chi connectivity index (χ0v) is 13.2. The van der Waals surface area contributed by atoms with Gasteiger partial charge < -0.3 is 9.47 Å². The van der Waals surface area contributed by atoms with Crippen molar-refractivity contribution in [1.29, 1.82) is 0 Å². The van der Waals surface area contributed by atoms with Gasteiger partial charge in [-0.05, 0) is 31.1 Å². The summed E-state index contributed by atoms with van der Waals surface area (Å²) in [6.07, 6.45) is 9.57. The highest BCUT2D eigenvalue weighted by atomic mass is 16.7. The quantitative estimate of drug-likeness (QED) is 0.670. The summed E-state index contributed by atoms with van der Waals surface area (Å²) in [7, 11) is 0. The molecule has 1 fully saturated rings. The zero-order valence-electron chi connectivity index (χ0n) is 13.2. The maximum absolute atomic E-state index is 6.19. The third-order valence-electron chi connectivity index (χ3n) is 4.78. The van der Waals surface area contributed by atoms with Gasteiger partial charge >= 0.3 is 0 Å². The average Bonchev–Trinajstić information content (AvgIpc) is 2.43. The molecule has 19 heavy (non-hydrogen) atoms. The van der Waals surface area contributed by atoms with E-state index < -0.39 is 0 Å². The van der Waals surface area contributed by atoms with Crippen LogP contribution in [-0.2, 0) is 9.47 Å². The van der Waals surface area contributed by atoms with Gasteiger partial charge in [-0.2, -0.15) is 0 Å². The minimum absolute atomic E-state index is 0.0705. The Balaban J connectivity index is 2.62. The summed E-state index contributed by atoms with van der Waals surface area (Å²) < 4.78 is 12.4. The molecule has 0 radical (unpaired) electrons. The lowest BCUT2D eigenvalue weighted by Gasteiger charge is -2.44. The number of ether oxygens (including phenoxy) is 2. The molecule has 1 heterocycles. The number of hydrogen-bond donors (Lipinski definition) is 0. The van der Waals surface area contributed by atoms with Crippen molar-refractivity contribution >= 4 is 0 Å². The molecule has 0 aromatic carbocycles. The van der Waals surface area contributed by atoms with Crippen LogP contribution in [-0.4, -0.2) is 18.5 Å². The van der Waals surface area contributed by atoms with Crippen LogP contribution in [0.1, 0.15) is 60.3 Å². The topological polar surface area (TPSA) is 18.5 Å². The standard InChI is InChI=1S/C17H30O2/c1-7-10-11-15(8-2)18-17-14(6)12(4)13(5)16(9-3)19-17/h1,12-17H,8-11H2,2-6H3/t12-,13-,14?,15?,16?,17+/m0/s1. The summed E-state index contributed by atoms with van der Waals surface area (Å²) in [5.41, 5.74) is 0. The molecule has 1 rings (SSSR count). The fourth-order valence-electron chi connectivity index (χ4n) is 2.91. The summed E-state index contributed by atoms with van der Waals surface area (Å²) in [4.78, 5) is 0. The summed E-state index contributed by atoms with van der Waals surface area (Å²) in [6.45, 7) is 11.2. The van der Waals surface area contributed by atoms with E-state index in [-0.39, 0.29) is 12.4 Å². The molecule has 1 saturated heterocycles. The van der Waals surface area contributed by atoms with E-state index >= 15 is 0 Å². The molecule has 2 nitrogen and oxygen atoms in total. The first kappa shape index (κ1) is 16.5. The van der Waals surface area contributed by atoms with Crippen molar-refractivity contribution in [2.24, 2.45) is 17.8 Å². The maximum Gasteiger partial charge on any atom is 0.161 e. The minimum atomic E-state index is -0.0705. The van der Waals surface area contributed by atoms with Crippen molar-refractivity contribution in [3.8, 4) is 12.3 Å². The minimum Gasteiger partial charge on any atom is -0.349 e. The van der Waals surface area contributed by atoms with Crippen LogP contribution in [0.2, 0.25) is 0 Å². The van der Waals surface area contributed by atoms with Gasteiger partial charge in [0.2, 0.25) is 0 Å². The molecule has 2 heteroatoms. The van der Waals surface area contributed by atoms with E-state index in [0.717, 1.165) is 25.7 Å². The van der Waals surface area contributed by atoms with Crippen molar-refractivity contribution in [2.45, 2.75) is 78.8 Å². The number of hydrogen-bond acceptors (Lipinski definition) is 2. The summed E-state index contributed by atoms with van der Waals surface area (Å²) in [5, 5.41) is 0. The molecule has 6 atom stereocenters. The van der Waals surface area contributed by atoms with Gasteiger partial charge in [0, 0.05) is 12.3 Å². The Morgan fingerprint density at radius 1 is 1.16 bits per heavy atom. The van der Waals surface area contributed by atoms with E-state index in [1.54, 1.807) is 0 Å². The fraction of sp³-hybridized carbons (Fsp3) is 0.882. The average molecular weight is 266 g/mol. The van der Waals surface area contributed by atoms with Gasteiger partial charge in [0.1, 0.15) is 0 Å². The van der Waals surface area contributed by atoms with Crippen LogP contribution in [0.25, 0.3) is 0 Å². The van der Waals surface area contributed by atoms with Gasteiger partial charge in [-0.3, -0.25) is 0 Å². The van der Waals surface area contributed by atoms with Crippen LogP contribution in [0.4, 0.5) is 0 Å². The molecule has 1 aliphatic heterocycles. The lowest BCUT2D eigenvalue weighted by molar-refractivity contribution is -0.264. The largest absolute Gasteiger partial charge is 0.349 e. The van der Waals surface area contributed by atoms with Crippen LogP contribution in [0.5, 0.6) is 0 Å². The lowest BCUT2D eigenvalue weighted by Crippen LogP contribution is -2.46. The summed E-state index contributed by atoms with van der Waals surface area (Å²) >= 11 is 0. The van der Waals surface area contributed by atoms with Gasteiger partial charge in [-0.1, -0.05) is 34.6 Å². The summed E-state index contributed by atoms with van der Waals surface area (Å²) in [5.74, 6) is 4.37. The Morgan fingerprint density at radius 3 is 2.37 bits per heavy atom. The third kappa shape index (κ3) is 4.23. The molecule has 0 saturated carbocycles. The van der Waals surface area contributed by atoms with Crippen LogP contribution >= 0.6 is 0 Å². The van der Waals surface area contributed by atoms with Crippen LogP contribution in [0, 0.1) is 30.1 Å². The Kier molecular flexibility index (Phi) is 6.89. The molecule has 0 aliphatic carbocycles. The Hall–Kier alpha value is -0.520. The van der Waals surface area contributed by atoms with Gasteiger partial charge in [-0.15, -0.1) is 12.3 Å². The molecule has 110 valence electrons. The number of rotatable bonds is 6. The molecular formula is C17H30O2. The van der Waals surface area contributed by atoms with Crippen molar-refractivity contribution in [3.05, 3.63) is 0 Å². The van der Waals surface area contributed by atoms with E-state index in [4.69, 9.17) is 15.9 Å². The Labute approximate surface area is 119 Å². The molecule has 0 bridgehead atoms. The second kappa shape index (κ2) is 7.92. The molecule has 0 amide bonds. The predicted octanol–water partition coefficient (Wildman–Crippen LogP) is 4.24. The van der Waals surface area contributed by atoms with Gasteiger partial charge in [0.05, 0.1) is 12.2 Å². The number of terminal acetylenes is 1. The predicted molar refractivity (Wildman–Crippen MR) is 79.7 cm³/mol. The lowest BCUT2D eigenvalue weighted by atomic mass is 9.78. The molecule has 0 aromatic rings. The highest BCUT2D eigenvalue weighted by Crippen LogP contribution is 2.37. The van der Waals surface area contributed by atoms with E-state index in [2.05, 4.69) is 40.5 Å². The molecule has 1 aliphatic rings. The third-order valence-corrected chi connectivity index (χ3v) is 4.78. The molecule has 0 spiro atoms. The van der Waals surface area contributed by atoms with Gasteiger partial charge in [0.25, 0.3) is 0 Å². The van der Waals surface area contributed by atoms with Crippen molar-refractivity contribution < 1.29 is 9.47 Å². The second-order valence-corrected chi connectivity index (χ2v) is 5.94. The molecule has 0 aromatic heterocycles. The van der Waals surface area contributed by atoms with Gasteiger partial charge in [-0.25, -0.2) is 0 Å². The maximum atomic E-state index is 6.19. The van der Waals surface area contributed by atoms with Crippen LogP contribution in [0.3, 0.4) is 0 Å². The molecular weight excluding hydrogens is 236 g/mol. The summed E-state index contributed by atoms with van der Waals surface area (Å²) in [6, 6.07) is 0. The SMILES string of the molecule is C#CCCC(CC)O[C@@H]1OC(CC)[C@@H](C)[C@H](C)C1C. The first-order valence-corrected chi connectivity index (χ1v) is 7.79. The first-order valence-electron chi connectivity index (χ1n) is 7.79. The highest BCUT2D eigenvalue weighted by Gasteiger charge is 2.39. The van der Waals surface area contributed by atoms with Crippen molar-refractivity contribution in [2.75, 3.05) is 0 Å². The second-order valence-electron chi connectivity index (χ2n) is 5.94. The monoisotopic (exact) mass is 266 g/mol. The van der Waals surface area contributed by atoms with Crippen LogP contribution < -0.4 is 0 Å². The van der Waals surface area contributed by atoms with Gasteiger partial charge in [0.15, 0.2) is 6.29 Å². The van der Waals surface area contributed by atoms with E-state index in [9.17, 15) is 0 Å². The van der Waals surface area contributed by atoms with Crippen molar-refractivity contribution in [3.63, 3.8) is 0 Å². The van der Waals surface area contributed by atoms with E-state index in [0.29, 0.717) is 23.9 Å². The van der Waals surface area contributed by atoms with Crippen molar-refractivity contribution in [1.82, 2.24) is 0 Å². The fourth-order valence-corrected chi connectivity index (χ4v) is 2.91.